The third kappa shape index (κ3) is 2.77. The van der Waals surface area contributed by atoms with Gasteiger partial charge in [-0.2, -0.15) is 0 Å². The van der Waals surface area contributed by atoms with E-state index in [1.807, 2.05) is 24.3 Å². The molecule has 0 saturated heterocycles. The van der Waals surface area contributed by atoms with Crippen molar-refractivity contribution < 1.29 is 10.2 Å². The summed E-state index contributed by atoms with van der Waals surface area (Å²) in [6.45, 7) is 4.00. The number of phenolic OH excluding ortho intramolecular Hbond substituents is 2. The van der Waals surface area contributed by atoms with Gasteiger partial charge in [-0.3, -0.25) is 4.40 Å². The molecule has 1 fully saturated rings. The summed E-state index contributed by atoms with van der Waals surface area (Å²) in [5.41, 5.74) is 3.47. The molecule has 6 nitrogen and oxygen atoms in total. The molecule has 0 atom stereocenters. The van der Waals surface area contributed by atoms with Crippen LogP contribution in [0.2, 0.25) is 0 Å². The van der Waals surface area contributed by atoms with Crippen LogP contribution in [-0.2, 0) is 0 Å². The highest BCUT2D eigenvalue weighted by Crippen LogP contribution is 2.36. The highest BCUT2D eigenvalue weighted by atomic mass is 16.3. The summed E-state index contributed by atoms with van der Waals surface area (Å²) in [5.74, 6) is 1.25. The summed E-state index contributed by atoms with van der Waals surface area (Å²) in [4.78, 5) is 9.27. The van der Waals surface area contributed by atoms with Crippen molar-refractivity contribution in [2.45, 2.75) is 45.6 Å². The highest BCUT2D eigenvalue weighted by Gasteiger charge is 2.22. The molecule has 1 aromatic carbocycles. The number of benzene rings is 1. The van der Waals surface area contributed by atoms with Crippen molar-refractivity contribution in [2.24, 2.45) is 0 Å². The fraction of sp³-hybridized carbons (Fsp3) is 0.368. The molecule has 4 rings (SSSR count). The molecule has 0 amide bonds. The SMILES string of the molecule is Cc1cc(C)n2c(NC3CCCC3)c(-c3ccc(O)c(O)c3)nc2n1. The number of hydrogen-bond acceptors (Lipinski definition) is 5. The Morgan fingerprint density at radius 2 is 1.80 bits per heavy atom. The zero-order chi connectivity index (χ0) is 17.6. The average Bonchev–Trinajstić information content (AvgIpc) is 3.18. The minimum Gasteiger partial charge on any atom is -0.504 e. The van der Waals surface area contributed by atoms with Crippen LogP contribution in [0.1, 0.15) is 37.1 Å². The molecule has 3 N–H and O–H groups in total. The Hall–Kier alpha value is -2.76. The molecule has 6 heteroatoms. The van der Waals surface area contributed by atoms with E-state index in [-0.39, 0.29) is 11.5 Å². The van der Waals surface area contributed by atoms with Crippen molar-refractivity contribution in [2.75, 3.05) is 5.32 Å². The van der Waals surface area contributed by atoms with E-state index in [0.717, 1.165) is 41.3 Å². The summed E-state index contributed by atoms with van der Waals surface area (Å²) < 4.78 is 2.03. The lowest BCUT2D eigenvalue weighted by Crippen LogP contribution is -2.17. The first-order valence-corrected chi connectivity index (χ1v) is 8.68. The number of aromatic hydroxyl groups is 2. The van der Waals surface area contributed by atoms with E-state index >= 15 is 0 Å². The number of anilines is 1. The summed E-state index contributed by atoms with van der Waals surface area (Å²) in [6.07, 6.45) is 4.76. The molecule has 130 valence electrons. The van der Waals surface area contributed by atoms with Crippen molar-refractivity contribution >= 4 is 11.6 Å². The van der Waals surface area contributed by atoms with Gasteiger partial charge in [-0.1, -0.05) is 12.8 Å². The number of nitrogens with one attached hydrogen (secondary N) is 1. The summed E-state index contributed by atoms with van der Waals surface area (Å²) >= 11 is 0. The van der Waals surface area contributed by atoms with Crippen molar-refractivity contribution in [1.82, 2.24) is 14.4 Å². The van der Waals surface area contributed by atoms with Gasteiger partial charge in [0.15, 0.2) is 11.5 Å². The van der Waals surface area contributed by atoms with Crippen LogP contribution in [0.4, 0.5) is 5.82 Å². The third-order valence-electron chi connectivity index (χ3n) is 4.85. The van der Waals surface area contributed by atoms with Gasteiger partial charge in [0.25, 0.3) is 0 Å². The van der Waals surface area contributed by atoms with E-state index in [9.17, 15) is 10.2 Å². The molecular formula is C19H22N4O2. The number of aromatic nitrogens is 3. The lowest BCUT2D eigenvalue weighted by atomic mass is 10.1. The van der Waals surface area contributed by atoms with E-state index in [4.69, 9.17) is 4.98 Å². The topological polar surface area (TPSA) is 82.7 Å². The average molecular weight is 338 g/mol. The molecule has 0 radical (unpaired) electrons. The van der Waals surface area contributed by atoms with Gasteiger partial charge in [-0.15, -0.1) is 0 Å². The van der Waals surface area contributed by atoms with Crippen LogP contribution < -0.4 is 5.32 Å². The Morgan fingerprint density at radius 3 is 2.52 bits per heavy atom. The van der Waals surface area contributed by atoms with E-state index in [0.29, 0.717) is 11.8 Å². The minimum atomic E-state index is -0.151. The first-order valence-electron chi connectivity index (χ1n) is 8.68. The lowest BCUT2D eigenvalue weighted by Gasteiger charge is -2.16. The van der Waals surface area contributed by atoms with Crippen LogP contribution in [0.25, 0.3) is 17.0 Å². The Bertz CT molecular complexity index is 942. The monoisotopic (exact) mass is 338 g/mol. The molecule has 0 aliphatic heterocycles. The Kier molecular flexibility index (Phi) is 3.75. The zero-order valence-electron chi connectivity index (χ0n) is 14.5. The molecule has 1 saturated carbocycles. The number of nitrogens with zero attached hydrogens (tertiary/aromatic N) is 3. The molecule has 0 spiro atoms. The van der Waals surface area contributed by atoms with Gasteiger partial charge >= 0.3 is 0 Å². The highest BCUT2D eigenvalue weighted by molar-refractivity contribution is 5.77. The fourth-order valence-corrected chi connectivity index (χ4v) is 3.64. The number of rotatable bonds is 3. The summed E-state index contributed by atoms with van der Waals surface area (Å²) in [5, 5.41) is 23.1. The molecule has 0 unspecified atom stereocenters. The zero-order valence-corrected chi connectivity index (χ0v) is 14.5. The molecule has 0 bridgehead atoms. The summed E-state index contributed by atoms with van der Waals surface area (Å²) in [7, 11) is 0. The van der Waals surface area contributed by atoms with Crippen molar-refractivity contribution in [1.29, 1.82) is 0 Å². The van der Waals surface area contributed by atoms with Crippen molar-refractivity contribution in [3.8, 4) is 22.8 Å². The lowest BCUT2D eigenvalue weighted by molar-refractivity contribution is 0.404. The largest absolute Gasteiger partial charge is 0.504 e. The predicted molar refractivity (Wildman–Crippen MR) is 97.1 cm³/mol. The normalized spacial score (nSPS) is 15.1. The maximum atomic E-state index is 9.89. The van der Waals surface area contributed by atoms with Gasteiger partial charge in [-0.05, 0) is 51.0 Å². The van der Waals surface area contributed by atoms with Crippen LogP contribution >= 0.6 is 0 Å². The number of aryl methyl sites for hydroxylation is 2. The molecule has 2 aromatic heterocycles. The van der Waals surface area contributed by atoms with Crippen LogP contribution in [0, 0.1) is 13.8 Å². The first-order chi connectivity index (χ1) is 12.0. The summed E-state index contributed by atoms with van der Waals surface area (Å²) in [6, 6.07) is 7.24. The number of hydrogen-bond donors (Lipinski definition) is 3. The van der Waals surface area contributed by atoms with Crippen LogP contribution in [0.15, 0.2) is 24.3 Å². The van der Waals surface area contributed by atoms with E-state index < -0.39 is 0 Å². The second-order valence-electron chi connectivity index (χ2n) is 6.81. The Morgan fingerprint density at radius 1 is 1.04 bits per heavy atom. The molecule has 1 aliphatic carbocycles. The van der Waals surface area contributed by atoms with Crippen LogP contribution in [-0.4, -0.2) is 30.6 Å². The smallest absolute Gasteiger partial charge is 0.236 e. The third-order valence-corrected chi connectivity index (χ3v) is 4.85. The molecule has 3 aromatic rings. The van der Waals surface area contributed by atoms with Gasteiger partial charge in [0.1, 0.15) is 11.5 Å². The van der Waals surface area contributed by atoms with Gasteiger partial charge < -0.3 is 15.5 Å². The van der Waals surface area contributed by atoms with Crippen LogP contribution in [0.5, 0.6) is 11.5 Å². The molecular weight excluding hydrogens is 316 g/mol. The molecule has 25 heavy (non-hydrogen) atoms. The Labute approximate surface area is 146 Å². The minimum absolute atomic E-state index is 0.136. The number of fused-ring (bicyclic) bond motifs is 1. The van der Waals surface area contributed by atoms with Gasteiger partial charge in [0.05, 0.1) is 0 Å². The van der Waals surface area contributed by atoms with Crippen LogP contribution in [0.3, 0.4) is 0 Å². The quantitative estimate of drug-likeness (QED) is 0.633. The Balaban J connectivity index is 1.91. The number of phenols is 2. The molecule has 2 heterocycles. The second-order valence-corrected chi connectivity index (χ2v) is 6.81. The van der Waals surface area contributed by atoms with E-state index in [1.54, 1.807) is 12.1 Å². The van der Waals surface area contributed by atoms with E-state index in [2.05, 4.69) is 10.3 Å². The first kappa shape index (κ1) is 15.7. The number of imidazole rings is 1. The second kappa shape index (κ2) is 5.95. The fourth-order valence-electron chi connectivity index (χ4n) is 3.64. The van der Waals surface area contributed by atoms with Gasteiger partial charge in [0.2, 0.25) is 5.78 Å². The van der Waals surface area contributed by atoms with Crippen molar-refractivity contribution in [3.05, 3.63) is 35.7 Å². The predicted octanol–water partition coefficient (Wildman–Crippen LogP) is 3.78. The van der Waals surface area contributed by atoms with E-state index in [1.165, 1.54) is 18.9 Å². The van der Waals surface area contributed by atoms with Gasteiger partial charge in [0, 0.05) is 23.0 Å². The molecule has 1 aliphatic rings. The standard InChI is InChI=1S/C19H22N4O2/c1-11-9-12(2)23-18(21-14-5-3-4-6-14)17(22-19(23)20-11)13-7-8-15(24)16(25)10-13/h7-10,14,21,24-25H,3-6H2,1-2H3. The maximum Gasteiger partial charge on any atom is 0.236 e. The maximum absolute atomic E-state index is 9.89. The van der Waals surface area contributed by atoms with Gasteiger partial charge in [-0.25, -0.2) is 9.97 Å². The van der Waals surface area contributed by atoms with Crippen molar-refractivity contribution in [3.63, 3.8) is 0 Å².